The molecule has 1 N–H and O–H groups in total. The maximum absolute atomic E-state index is 4.62. The Kier molecular flexibility index (Phi) is 4.72. The van der Waals surface area contributed by atoms with E-state index in [9.17, 15) is 0 Å². The molecule has 0 radical (unpaired) electrons. The van der Waals surface area contributed by atoms with E-state index in [0.29, 0.717) is 6.04 Å². The molecule has 102 valence electrons. The molecule has 3 heteroatoms. The second-order valence-electron chi connectivity index (χ2n) is 4.90. The van der Waals surface area contributed by atoms with Gasteiger partial charge in [-0.15, -0.1) is 11.3 Å². The number of hydrogen-bond donors (Lipinski definition) is 1. The summed E-state index contributed by atoms with van der Waals surface area (Å²) < 4.78 is 0. The third-order valence-corrected chi connectivity index (χ3v) is 4.35. The van der Waals surface area contributed by atoms with Crippen LogP contribution >= 0.6 is 11.3 Å². The van der Waals surface area contributed by atoms with E-state index >= 15 is 0 Å². The smallest absolute Gasteiger partial charge is 0.0900 e. The van der Waals surface area contributed by atoms with Gasteiger partial charge < -0.3 is 5.32 Å². The third kappa shape index (κ3) is 3.43. The van der Waals surface area contributed by atoms with Gasteiger partial charge in [0.15, 0.2) is 0 Å². The molecule has 0 amide bonds. The van der Waals surface area contributed by atoms with Crippen LogP contribution in [-0.2, 0) is 13.0 Å². The highest BCUT2D eigenvalue weighted by Gasteiger charge is 2.12. The quantitative estimate of drug-likeness (QED) is 0.885. The van der Waals surface area contributed by atoms with Gasteiger partial charge in [0, 0.05) is 17.5 Å². The zero-order valence-corrected chi connectivity index (χ0v) is 13.0. The lowest BCUT2D eigenvalue weighted by atomic mass is 10.0. The predicted octanol–water partition coefficient (Wildman–Crippen LogP) is 4.17. The largest absolute Gasteiger partial charge is 0.305 e. The highest BCUT2D eigenvalue weighted by atomic mass is 32.1. The number of benzene rings is 1. The monoisotopic (exact) mass is 274 g/mol. The van der Waals surface area contributed by atoms with Crippen LogP contribution in [-0.4, -0.2) is 4.98 Å². The highest BCUT2D eigenvalue weighted by Crippen LogP contribution is 2.23. The number of aryl methyl sites for hydroxylation is 3. The first-order chi connectivity index (χ1) is 9.11. The van der Waals surface area contributed by atoms with E-state index in [1.54, 1.807) is 11.3 Å². The van der Waals surface area contributed by atoms with Crippen molar-refractivity contribution in [1.82, 2.24) is 10.3 Å². The van der Waals surface area contributed by atoms with E-state index in [-0.39, 0.29) is 0 Å². The molecule has 2 aromatic rings. The van der Waals surface area contributed by atoms with Crippen molar-refractivity contribution >= 4 is 11.3 Å². The normalized spacial score (nSPS) is 12.6. The van der Waals surface area contributed by atoms with Crippen molar-refractivity contribution < 1.29 is 0 Å². The number of aromatic nitrogens is 1. The molecule has 0 fully saturated rings. The fourth-order valence-electron chi connectivity index (χ4n) is 2.38. The Hall–Kier alpha value is -1.19. The van der Waals surface area contributed by atoms with E-state index in [1.165, 1.54) is 21.7 Å². The number of thiazole rings is 1. The van der Waals surface area contributed by atoms with E-state index in [0.717, 1.165) is 18.0 Å². The van der Waals surface area contributed by atoms with E-state index in [4.69, 9.17) is 0 Å². The van der Waals surface area contributed by atoms with Crippen molar-refractivity contribution in [3.8, 4) is 0 Å². The topological polar surface area (TPSA) is 24.9 Å². The number of rotatable bonds is 5. The molecule has 0 aliphatic heterocycles. The van der Waals surface area contributed by atoms with Crippen molar-refractivity contribution in [2.45, 2.75) is 46.7 Å². The van der Waals surface area contributed by atoms with Crippen molar-refractivity contribution in [2.75, 3.05) is 0 Å². The summed E-state index contributed by atoms with van der Waals surface area (Å²) in [6.45, 7) is 9.52. The molecular weight excluding hydrogens is 252 g/mol. The molecule has 19 heavy (non-hydrogen) atoms. The molecule has 0 saturated heterocycles. The van der Waals surface area contributed by atoms with Gasteiger partial charge in [0.2, 0.25) is 0 Å². The molecule has 0 spiro atoms. The van der Waals surface area contributed by atoms with Crippen LogP contribution in [0.5, 0.6) is 0 Å². The minimum Gasteiger partial charge on any atom is -0.305 e. The van der Waals surface area contributed by atoms with E-state index in [1.807, 2.05) is 0 Å². The van der Waals surface area contributed by atoms with Crippen molar-refractivity contribution in [1.29, 1.82) is 0 Å². The summed E-state index contributed by atoms with van der Waals surface area (Å²) in [4.78, 5) is 5.94. The van der Waals surface area contributed by atoms with Crippen LogP contribution in [0.2, 0.25) is 0 Å². The molecule has 1 aromatic heterocycles. The number of nitrogens with one attached hydrogen (secondary N) is 1. The average Bonchev–Trinajstić information content (AvgIpc) is 2.75. The lowest BCUT2D eigenvalue weighted by molar-refractivity contribution is 0.559. The van der Waals surface area contributed by atoms with Gasteiger partial charge >= 0.3 is 0 Å². The van der Waals surface area contributed by atoms with Gasteiger partial charge in [-0.1, -0.05) is 31.2 Å². The lowest BCUT2D eigenvalue weighted by Gasteiger charge is -2.14. The van der Waals surface area contributed by atoms with Crippen molar-refractivity contribution in [3.05, 3.63) is 51.0 Å². The molecule has 0 saturated carbocycles. The fraction of sp³-hybridized carbons (Fsp3) is 0.438. The molecule has 1 aromatic carbocycles. The second kappa shape index (κ2) is 6.31. The van der Waals surface area contributed by atoms with Gasteiger partial charge in [0.05, 0.1) is 10.7 Å². The van der Waals surface area contributed by atoms with Crippen molar-refractivity contribution in [3.63, 3.8) is 0 Å². The first-order valence-corrected chi connectivity index (χ1v) is 7.67. The first-order valence-electron chi connectivity index (χ1n) is 6.86. The van der Waals surface area contributed by atoms with E-state index < -0.39 is 0 Å². The maximum Gasteiger partial charge on any atom is 0.0900 e. The molecule has 1 unspecified atom stereocenters. The molecule has 0 bridgehead atoms. The average molecular weight is 274 g/mol. The van der Waals surface area contributed by atoms with Crippen molar-refractivity contribution in [2.24, 2.45) is 0 Å². The second-order valence-corrected chi connectivity index (χ2v) is 6.31. The van der Waals surface area contributed by atoms with Crippen LogP contribution in [0, 0.1) is 13.8 Å². The number of nitrogens with zero attached hydrogens (tertiary/aromatic N) is 1. The molecule has 0 aliphatic carbocycles. The SMILES string of the molecule is CCc1ccccc1CNC(C)c1nc(C)sc1C. The molecule has 0 aliphatic rings. The zero-order valence-electron chi connectivity index (χ0n) is 12.2. The minimum atomic E-state index is 0.301. The summed E-state index contributed by atoms with van der Waals surface area (Å²) in [5, 5.41) is 4.74. The molecule has 1 atom stereocenters. The zero-order chi connectivity index (χ0) is 13.8. The van der Waals surface area contributed by atoms with Gasteiger partial charge in [0.1, 0.15) is 0 Å². The molecule has 2 rings (SSSR count). The summed E-state index contributed by atoms with van der Waals surface area (Å²) in [5.74, 6) is 0. The van der Waals surface area contributed by atoms with E-state index in [2.05, 4.69) is 62.3 Å². The summed E-state index contributed by atoms with van der Waals surface area (Å²) in [6, 6.07) is 8.94. The standard InChI is InChI=1S/C16H22N2S/c1-5-14-8-6-7-9-15(14)10-17-11(2)16-12(3)19-13(4)18-16/h6-9,11,17H,5,10H2,1-4H3. The Bertz CT molecular complexity index is 545. The summed E-state index contributed by atoms with van der Waals surface area (Å²) >= 11 is 1.78. The Labute approximate surface area is 119 Å². The highest BCUT2D eigenvalue weighted by molar-refractivity contribution is 7.11. The third-order valence-electron chi connectivity index (χ3n) is 3.45. The predicted molar refractivity (Wildman–Crippen MR) is 82.7 cm³/mol. The van der Waals surface area contributed by atoms with Gasteiger partial charge in [-0.25, -0.2) is 4.98 Å². The first kappa shape index (κ1) is 14.2. The minimum absolute atomic E-state index is 0.301. The fourth-order valence-corrected chi connectivity index (χ4v) is 3.30. The Morgan fingerprint density at radius 1 is 1.21 bits per heavy atom. The Morgan fingerprint density at radius 2 is 1.89 bits per heavy atom. The van der Waals surface area contributed by atoms with Crippen LogP contribution in [0.15, 0.2) is 24.3 Å². The lowest BCUT2D eigenvalue weighted by Crippen LogP contribution is -2.19. The maximum atomic E-state index is 4.62. The Balaban J connectivity index is 2.04. The Morgan fingerprint density at radius 3 is 2.47 bits per heavy atom. The van der Waals surface area contributed by atoms with Gasteiger partial charge in [-0.2, -0.15) is 0 Å². The van der Waals surface area contributed by atoms with Crippen LogP contribution in [0.25, 0.3) is 0 Å². The van der Waals surface area contributed by atoms with Gasteiger partial charge in [-0.3, -0.25) is 0 Å². The molecular formula is C16H22N2S. The van der Waals surface area contributed by atoms with Gasteiger partial charge in [-0.05, 0) is 38.3 Å². The summed E-state index contributed by atoms with van der Waals surface area (Å²) in [7, 11) is 0. The summed E-state index contributed by atoms with van der Waals surface area (Å²) in [6.07, 6.45) is 1.08. The molecule has 2 nitrogen and oxygen atoms in total. The van der Waals surface area contributed by atoms with Crippen LogP contribution < -0.4 is 5.32 Å². The molecule has 1 heterocycles. The van der Waals surface area contributed by atoms with Gasteiger partial charge in [0.25, 0.3) is 0 Å². The van der Waals surface area contributed by atoms with Crippen LogP contribution in [0.3, 0.4) is 0 Å². The van der Waals surface area contributed by atoms with Crippen LogP contribution in [0.1, 0.15) is 46.6 Å². The van der Waals surface area contributed by atoms with Crippen LogP contribution in [0.4, 0.5) is 0 Å². The number of hydrogen-bond acceptors (Lipinski definition) is 3. The summed E-state index contributed by atoms with van der Waals surface area (Å²) in [5.41, 5.74) is 4.01.